The highest BCUT2D eigenvalue weighted by Gasteiger charge is 2.22. The minimum atomic E-state index is 0.463. The van der Waals surface area contributed by atoms with E-state index in [1.807, 2.05) is 0 Å². The SMILES string of the molecule is COCCNCc1ncoc1C1CCOCC1. The summed E-state index contributed by atoms with van der Waals surface area (Å²) in [5, 5.41) is 3.29. The van der Waals surface area contributed by atoms with E-state index in [4.69, 9.17) is 13.9 Å². The summed E-state index contributed by atoms with van der Waals surface area (Å²) in [4.78, 5) is 4.28. The number of methoxy groups -OCH3 is 1. The number of nitrogens with one attached hydrogen (secondary N) is 1. The molecule has 0 amide bonds. The summed E-state index contributed by atoms with van der Waals surface area (Å²) < 4.78 is 15.9. The first-order valence-electron chi connectivity index (χ1n) is 6.11. The number of ether oxygens (including phenoxy) is 2. The second-order valence-corrected chi connectivity index (χ2v) is 4.22. The van der Waals surface area contributed by atoms with Gasteiger partial charge in [0.1, 0.15) is 5.76 Å². The van der Waals surface area contributed by atoms with Crippen LogP contribution in [0.2, 0.25) is 0 Å². The first kappa shape index (κ1) is 12.5. The van der Waals surface area contributed by atoms with Crippen molar-refractivity contribution in [3.05, 3.63) is 17.8 Å². The van der Waals surface area contributed by atoms with Gasteiger partial charge in [0.2, 0.25) is 0 Å². The molecule has 0 saturated carbocycles. The van der Waals surface area contributed by atoms with Crippen LogP contribution in [0.4, 0.5) is 0 Å². The largest absolute Gasteiger partial charge is 0.448 e. The van der Waals surface area contributed by atoms with Crippen LogP contribution in [-0.2, 0) is 16.0 Å². The molecular weight excluding hydrogens is 220 g/mol. The molecule has 0 atom stereocenters. The predicted molar refractivity (Wildman–Crippen MR) is 62.9 cm³/mol. The van der Waals surface area contributed by atoms with Crippen LogP contribution in [0, 0.1) is 0 Å². The molecule has 1 aliphatic heterocycles. The highest BCUT2D eigenvalue weighted by Crippen LogP contribution is 2.28. The molecule has 0 spiro atoms. The molecule has 0 aliphatic carbocycles. The molecule has 1 saturated heterocycles. The average molecular weight is 240 g/mol. The van der Waals surface area contributed by atoms with Gasteiger partial charge in [0.25, 0.3) is 0 Å². The third kappa shape index (κ3) is 3.52. The zero-order chi connectivity index (χ0) is 11.9. The predicted octanol–water partition coefficient (Wildman–Crippen LogP) is 1.30. The van der Waals surface area contributed by atoms with Crippen LogP contribution in [0.25, 0.3) is 0 Å². The number of hydrogen-bond acceptors (Lipinski definition) is 5. The van der Waals surface area contributed by atoms with Crippen molar-refractivity contribution in [3.63, 3.8) is 0 Å². The minimum absolute atomic E-state index is 0.463. The smallest absolute Gasteiger partial charge is 0.181 e. The van der Waals surface area contributed by atoms with Crippen molar-refractivity contribution in [2.75, 3.05) is 33.5 Å². The van der Waals surface area contributed by atoms with E-state index >= 15 is 0 Å². The highest BCUT2D eigenvalue weighted by atomic mass is 16.5. The Labute approximate surface area is 102 Å². The maximum Gasteiger partial charge on any atom is 0.181 e. The molecule has 1 N–H and O–H groups in total. The van der Waals surface area contributed by atoms with Gasteiger partial charge in [0, 0.05) is 39.3 Å². The Bertz CT molecular complexity index is 321. The molecule has 1 aliphatic rings. The van der Waals surface area contributed by atoms with Crippen LogP contribution in [0.5, 0.6) is 0 Å². The van der Waals surface area contributed by atoms with Crippen molar-refractivity contribution in [2.45, 2.75) is 25.3 Å². The van der Waals surface area contributed by atoms with Gasteiger partial charge in [-0.1, -0.05) is 0 Å². The summed E-state index contributed by atoms with van der Waals surface area (Å²) >= 11 is 0. The zero-order valence-corrected chi connectivity index (χ0v) is 10.3. The second kappa shape index (κ2) is 6.74. The van der Waals surface area contributed by atoms with E-state index < -0.39 is 0 Å². The van der Waals surface area contributed by atoms with Gasteiger partial charge in [0.15, 0.2) is 6.39 Å². The Hall–Kier alpha value is -0.910. The molecule has 2 heterocycles. The molecule has 1 aromatic heterocycles. The lowest BCUT2D eigenvalue weighted by atomic mass is 9.96. The Morgan fingerprint density at radius 3 is 3.06 bits per heavy atom. The van der Waals surface area contributed by atoms with Gasteiger partial charge in [-0.25, -0.2) is 4.98 Å². The summed E-state index contributed by atoms with van der Waals surface area (Å²) in [7, 11) is 1.70. The molecule has 1 fully saturated rings. The molecule has 5 heteroatoms. The Balaban J connectivity index is 1.87. The van der Waals surface area contributed by atoms with Crippen molar-refractivity contribution in [1.82, 2.24) is 10.3 Å². The lowest BCUT2D eigenvalue weighted by molar-refractivity contribution is 0.0804. The van der Waals surface area contributed by atoms with Gasteiger partial charge in [0.05, 0.1) is 12.3 Å². The second-order valence-electron chi connectivity index (χ2n) is 4.22. The molecule has 5 nitrogen and oxygen atoms in total. The number of oxazole rings is 1. The number of hydrogen-bond donors (Lipinski definition) is 1. The maximum absolute atomic E-state index is 5.52. The fraction of sp³-hybridized carbons (Fsp3) is 0.750. The van der Waals surface area contributed by atoms with Crippen LogP contribution in [0.15, 0.2) is 10.8 Å². The van der Waals surface area contributed by atoms with Gasteiger partial charge in [-0.05, 0) is 12.8 Å². The molecule has 0 unspecified atom stereocenters. The van der Waals surface area contributed by atoms with Gasteiger partial charge in [-0.2, -0.15) is 0 Å². The van der Waals surface area contributed by atoms with Crippen molar-refractivity contribution in [3.8, 4) is 0 Å². The lowest BCUT2D eigenvalue weighted by Gasteiger charge is -2.20. The Morgan fingerprint density at radius 2 is 2.29 bits per heavy atom. The number of aromatic nitrogens is 1. The monoisotopic (exact) mass is 240 g/mol. The summed E-state index contributed by atoms with van der Waals surface area (Å²) in [6.45, 7) is 3.93. The molecule has 0 bridgehead atoms. The lowest BCUT2D eigenvalue weighted by Crippen LogP contribution is -2.21. The van der Waals surface area contributed by atoms with E-state index in [0.29, 0.717) is 12.5 Å². The number of rotatable bonds is 6. The van der Waals surface area contributed by atoms with Crippen LogP contribution in [0.1, 0.15) is 30.2 Å². The quantitative estimate of drug-likeness (QED) is 0.760. The standard InChI is InChI=1S/C12H20N2O3/c1-15-7-4-13-8-11-12(17-9-14-11)10-2-5-16-6-3-10/h9-10,13H,2-8H2,1H3. The first-order valence-corrected chi connectivity index (χ1v) is 6.11. The molecule has 1 aromatic rings. The van der Waals surface area contributed by atoms with E-state index in [1.165, 1.54) is 6.39 Å². The minimum Gasteiger partial charge on any atom is -0.448 e. The summed E-state index contributed by atoms with van der Waals surface area (Å²) in [5.41, 5.74) is 1.02. The molecule has 2 rings (SSSR count). The summed E-state index contributed by atoms with van der Waals surface area (Å²) in [5.74, 6) is 1.49. The Kier molecular flexibility index (Phi) is 4.97. The van der Waals surface area contributed by atoms with E-state index in [1.54, 1.807) is 7.11 Å². The third-order valence-electron chi connectivity index (χ3n) is 3.04. The van der Waals surface area contributed by atoms with E-state index in [0.717, 1.165) is 50.6 Å². The van der Waals surface area contributed by atoms with Crippen LogP contribution in [-0.4, -0.2) is 38.5 Å². The van der Waals surface area contributed by atoms with Crippen molar-refractivity contribution in [1.29, 1.82) is 0 Å². The van der Waals surface area contributed by atoms with Gasteiger partial charge >= 0.3 is 0 Å². The third-order valence-corrected chi connectivity index (χ3v) is 3.04. The topological polar surface area (TPSA) is 56.5 Å². The first-order chi connectivity index (χ1) is 8.42. The number of nitrogens with zero attached hydrogens (tertiary/aromatic N) is 1. The van der Waals surface area contributed by atoms with E-state index in [-0.39, 0.29) is 0 Å². The van der Waals surface area contributed by atoms with Gasteiger partial charge in [-0.3, -0.25) is 0 Å². The molecule has 0 radical (unpaired) electrons. The summed E-state index contributed by atoms with van der Waals surface area (Å²) in [6, 6.07) is 0. The van der Waals surface area contributed by atoms with Crippen LogP contribution in [0.3, 0.4) is 0 Å². The van der Waals surface area contributed by atoms with Crippen LogP contribution >= 0.6 is 0 Å². The molecule has 96 valence electrons. The highest BCUT2D eigenvalue weighted by molar-refractivity contribution is 5.13. The molecule has 17 heavy (non-hydrogen) atoms. The van der Waals surface area contributed by atoms with E-state index in [2.05, 4.69) is 10.3 Å². The fourth-order valence-corrected chi connectivity index (χ4v) is 2.08. The average Bonchev–Trinajstić information content (AvgIpc) is 2.84. The van der Waals surface area contributed by atoms with Crippen LogP contribution < -0.4 is 5.32 Å². The fourth-order valence-electron chi connectivity index (χ4n) is 2.08. The molecular formula is C12H20N2O3. The van der Waals surface area contributed by atoms with E-state index in [9.17, 15) is 0 Å². The summed E-state index contributed by atoms with van der Waals surface area (Å²) in [6.07, 6.45) is 3.60. The normalized spacial score (nSPS) is 17.5. The molecule has 0 aromatic carbocycles. The zero-order valence-electron chi connectivity index (χ0n) is 10.3. The van der Waals surface area contributed by atoms with Crippen molar-refractivity contribution < 1.29 is 13.9 Å². The maximum atomic E-state index is 5.52. The van der Waals surface area contributed by atoms with Crippen molar-refractivity contribution >= 4 is 0 Å². The Morgan fingerprint density at radius 1 is 1.47 bits per heavy atom. The van der Waals surface area contributed by atoms with Gasteiger partial charge in [-0.15, -0.1) is 0 Å². The van der Waals surface area contributed by atoms with Crippen molar-refractivity contribution in [2.24, 2.45) is 0 Å². The van der Waals surface area contributed by atoms with Gasteiger partial charge < -0.3 is 19.2 Å².